The number of halogens is 3. The van der Waals surface area contributed by atoms with Gasteiger partial charge in [0.15, 0.2) is 5.69 Å². The van der Waals surface area contributed by atoms with E-state index in [0.29, 0.717) is 23.9 Å². The molecule has 2 aromatic rings. The Bertz CT molecular complexity index is 861. The van der Waals surface area contributed by atoms with Crippen molar-refractivity contribution in [2.75, 3.05) is 6.61 Å². The summed E-state index contributed by atoms with van der Waals surface area (Å²) < 4.78 is 45.6. The van der Waals surface area contributed by atoms with E-state index >= 15 is 0 Å². The average molecular weight is 383 g/mol. The summed E-state index contributed by atoms with van der Waals surface area (Å²) >= 11 is 0. The predicted octanol–water partition coefficient (Wildman–Crippen LogP) is 2.50. The maximum atomic E-state index is 13.3. The van der Waals surface area contributed by atoms with Crippen molar-refractivity contribution in [1.29, 1.82) is 0 Å². The Morgan fingerprint density at radius 2 is 1.96 bits per heavy atom. The molecule has 1 saturated heterocycles. The second kappa shape index (κ2) is 7.03. The van der Waals surface area contributed by atoms with Gasteiger partial charge in [0.1, 0.15) is 5.56 Å². The van der Waals surface area contributed by atoms with Gasteiger partial charge in [-0.3, -0.25) is 4.79 Å². The summed E-state index contributed by atoms with van der Waals surface area (Å²) in [5.74, 6) is -2.09. The number of ether oxygens (including phenoxy) is 1. The number of aromatic nitrogens is 2. The van der Waals surface area contributed by atoms with Gasteiger partial charge in [-0.2, -0.15) is 18.3 Å². The van der Waals surface area contributed by atoms with E-state index in [1.807, 2.05) is 6.92 Å². The zero-order valence-electron chi connectivity index (χ0n) is 14.2. The van der Waals surface area contributed by atoms with Crippen LogP contribution in [0.4, 0.5) is 13.2 Å². The lowest BCUT2D eigenvalue weighted by Crippen LogP contribution is -2.39. The Balaban J connectivity index is 1.86. The zero-order chi connectivity index (χ0) is 19.8. The van der Waals surface area contributed by atoms with Crippen molar-refractivity contribution in [1.82, 2.24) is 15.1 Å². The van der Waals surface area contributed by atoms with Crippen LogP contribution in [0.15, 0.2) is 30.5 Å². The Kier molecular flexibility index (Phi) is 4.92. The molecule has 1 aliphatic heterocycles. The minimum Gasteiger partial charge on any atom is -0.478 e. The normalized spacial score (nSPS) is 19.9. The number of benzene rings is 1. The highest BCUT2D eigenvalue weighted by molar-refractivity contribution is 5.94. The molecule has 0 aliphatic carbocycles. The molecule has 0 radical (unpaired) electrons. The zero-order valence-corrected chi connectivity index (χ0v) is 14.2. The van der Waals surface area contributed by atoms with Crippen molar-refractivity contribution < 1.29 is 32.6 Å². The van der Waals surface area contributed by atoms with Crippen LogP contribution in [0.25, 0.3) is 5.69 Å². The highest BCUT2D eigenvalue weighted by Gasteiger charge is 2.40. The van der Waals surface area contributed by atoms with E-state index in [1.165, 1.54) is 24.3 Å². The topological polar surface area (TPSA) is 93.5 Å². The predicted molar refractivity (Wildman–Crippen MR) is 86.8 cm³/mol. The molecule has 144 valence electrons. The van der Waals surface area contributed by atoms with Gasteiger partial charge in [0.05, 0.1) is 24.0 Å². The molecule has 10 heteroatoms. The SMILES string of the molecule is CC1OCCC1NC(=O)c1ccc(-n2ncc(C(=O)O)c2C(F)(F)F)cc1. The summed E-state index contributed by atoms with van der Waals surface area (Å²) in [6.45, 7) is 2.40. The summed E-state index contributed by atoms with van der Waals surface area (Å²) in [5, 5.41) is 15.3. The number of rotatable bonds is 4. The summed E-state index contributed by atoms with van der Waals surface area (Å²) in [6, 6.07) is 5.13. The van der Waals surface area contributed by atoms with Crippen LogP contribution in [-0.4, -0.2) is 45.5 Å². The van der Waals surface area contributed by atoms with E-state index in [2.05, 4.69) is 10.4 Å². The van der Waals surface area contributed by atoms with Crippen molar-refractivity contribution in [3.8, 4) is 5.69 Å². The lowest BCUT2D eigenvalue weighted by atomic mass is 10.1. The molecule has 1 aromatic heterocycles. The molecule has 0 spiro atoms. The van der Waals surface area contributed by atoms with E-state index in [9.17, 15) is 22.8 Å². The van der Waals surface area contributed by atoms with Gasteiger partial charge >= 0.3 is 12.1 Å². The molecule has 0 bridgehead atoms. The first-order valence-corrected chi connectivity index (χ1v) is 8.10. The van der Waals surface area contributed by atoms with Crippen LogP contribution in [0.5, 0.6) is 0 Å². The number of carboxylic acid groups (broad SMARTS) is 1. The number of nitrogens with zero attached hydrogens (tertiary/aromatic N) is 2. The second-order valence-corrected chi connectivity index (χ2v) is 6.11. The molecule has 2 atom stereocenters. The van der Waals surface area contributed by atoms with Crippen LogP contribution in [0, 0.1) is 0 Å². The van der Waals surface area contributed by atoms with Crippen molar-refractivity contribution in [3.63, 3.8) is 0 Å². The third-order valence-electron chi connectivity index (χ3n) is 4.33. The Morgan fingerprint density at radius 3 is 2.48 bits per heavy atom. The number of alkyl halides is 3. The van der Waals surface area contributed by atoms with Gasteiger partial charge in [-0.15, -0.1) is 0 Å². The summed E-state index contributed by atoms with van der Waals surface area (Å²) in [7, 11) is 0. The lowest BCUT2D eigenvalue weighted by Gasteiger charge is -2.16. The number of nitrogens with one attached hydrogen (secondary N) is 1. The van der Waals surface area contributed by atoms with Gasteiger partial charge in [0.25, 0.3) is 5.91 Å². The van der Waals surface area contributed by atoms with Crippen molar-refractivity contribution in [2.24, 2.45) is 0 Å². The molecular weight excluding hydrogens is 367 g/mol. The average Bonchev–Trinajstić information content (AvgIpc) is 3.21. The van der Waals surface area contributed by atoms with Crippen molar-refractivity contribution in [2.45, 2.75) is 31.7 Å². The fourth-order valence-corrected chi connectivity index (χ4v) is 2.90. The number of carboxylic acids is 1. The Morgan fingerprint density at radius 1 is 1.30 bits per heavy atom. The van der Waals surface area contributed by atoms with Crippen LogP contribution in [0.3, 0.4) is 0 Å². The molecule has 1 aliphatic rings. The summed E-state index contributed by atoms with van der Waals surface area (Å²) in [6.07, 6.45) is -3.68. The van der Waals surface area contributed by atoms with E-state index in [0.717, 1.165) is 0 Å². The third-order valence-corrected chi connectivity index (χ3v) is 4.33. The highest BCUT2D eigenvalue weighted by atomic mass is 19.4. The summed E-state index contributed by atoms with van der Waals surface area (Å²) in [5.41, 5.74) is -2.08. The highest BCUT2D eigenvalue weighted by Crippen LogP contribution is 2.33. The van der Waals surface area contributed by atoms with Gasteiger partial charge in [-0.25, -0.2) is 9.48 Å². The van der Waals surface area contributed by atoms with Gasteiger partial charge < -0.3 is 15.2 Å². The molecule has 3 rings (SSSR count). The van der Waals surface area contributed by atoms with Gasteiger partial charge in [0, 0.05) is 12.2 Å². The quantitative estimate of drug-likeness (QED) is 0.846. The fraction of sp³-hybridized carbons (Fsp3) is 0.353. The van der Waals surface area contributed by atoms with Crippen LogP contribution in [-0.2, 0) is 10.9 Å². The third kappa shape index (κ3) is 3.80. The molecule has 2 unspecified atom stereocenters. The molecule has 1 fully saturated rings. The minimum atomic E-state index is -4.90. The second-order valence-electron chi connectivity index (χ2n) is 6.11. The molecule has 7 nitrogen and oxygen atoms in total. The largest absolute Gasteiger partial charge is 0.478 e. The minimum absolute atomic E-state index is 0.0102. The Hall–Kier alpha value is -2.88. The van der Waals surface area contributed by atoms with Crippen molar-refractivity contribution in [3.05, 3.63) is 47.3 Å². The molecule has 0 saturated carbocycles. The first-order valence-electron chi connectivity index (χ1n) is 8.10. The first-order chi connectivity index (χ1) is 12.7. The lowest BCUT2D eigenvalue weighted by molar-refractivity contribution is -0.143. The van der Waals surface area contributed by atoms with Crippen LogP contribution in [0.1, 0.15) is 39.8 Å². The number of hydrogen-bond donors (Lipinski definition) is 2. The standard InChI is InChI=1S/C17H16F3N3O4/c1-9-13(6-7-27-9)22-15(24)10-2-4-11(5-3-10)23-14(17(18,19)20)12(8-21-23)16(25)26/h2-5,8-9,13H,6-7H2,1H3,(H,22,24)(H,25,26). The Labute approximate surface area is 151 Å². The van der Waals surface area contributed by atoms with E-state index in [1.54, 1.807) is 0 Å². The van der Waals surface area contributed by atoms with Gasteiger partial charge in [0.2, 0.25) is 0 Å². The summed E-state index contributed by atoms with van der Waals surface area (Å²) in [4.78, 5) is 23.3. The molecule has 2 heterocycles. The van der Waals surface area contributed by atoms with Gasteiger partial charge in [-0.05, 0) is 37.6 Å². The van der Waals surface area contributed by atoms with E-state index < -0.39 is 23.4 Å². The number of carbonyl (C=O) groups is 2. The molecule has 1 aromatic carbocycles. The fourth-order valence-electron chi connectivity index (χ4n) is 2.90. The van der Waals surface area contributed by atoms with E-state index in [4.69, 9.17) is 9.84 Å². The first kappa shape index (κ1) is 18.9. The molecule has 2 N–H and O–H groups in total. The molecule has 1 amide bonds. The van der Waals surface area contributed by atoms with Crippen LogP contribution in [0.2, 0.25) is 0 Å². The number of carbonyl (C=O) groups excluding carboxylic acids is 1. The van der Waals surface area contributed by atoms with E-state index in [-0.39, 0.29) is 29.3 Å². The number of aromatic carboxylic acids is 1. The number of amides is 1. The monoisotopic (exact) mass is 383 g/mol. The van der Waals surface area contributed by atoms with Crippen LogP contribution < -0.4 is 5.32 Å². The van der Waals surface area contributed by atoms with Crippen molar-refractivity contribution >= 4 is 11.9 Å². The number of hydrogen-bond acceptors (Lipinski definition) is 4. The maximum Gasteiger partial charge on any atom is 0.434 e. The van der Waals surface area contributed by atoms with Gasteiger partial charge in [-0.1, -0.05) is 0 Å². The van der Waals surface area contributed by atoms with Crippen LogP contribution >= 0.6 is 0 Å². The molecule has 27 heavy (non-hydrogen) atoms. The smallest absolute Gasteiger partial charge is 0.434 e. The molecular formula is C17H16F3N3O4. The maximum absolute atomic E-state index is 13.3.